The van der Waals surface area contributed by atoms with Crippen LogP contribution in [0.4, 0.5) is 0 Å². The molecule has 0 saturated carbocycles. The molecule has 0 fully saturated rings. The Morgan fingerprint density at radius 3 is 1.92 bits per heavy atom. The van der Waals surface area contributed by atoms with E-state index in [9.17, 15) is 14.4 Å². The summed E-state index contributed by atoms with van der Waals surface area (Å²) in [5.41, 5.74) is 2.12. The van der Waals surface area contributed by atoms with E-state index in [4.69, 9.17) is 9.47 Å². The molecule has 0 spiro atoms. The third-order valence-electron chi connectivity index (χ3n) is 3.96. The van der Waals surface area contributed by atoms with Crippen molar-refractivity contribution in [2.24, 2.45) is 0 Å². The molecule has 6 heteroatoms. The zero-order valence-corrected chi connectivity index (χ0v) is 15.3. The highest BCUT2D eigenvalue weighted by atomic mass is 16.6. The van der Waals surface area contributed by atoms with Gasteiger partial charge in [0, 0.05) is 0 Å². The normalized spacial score (nSPS) is 11.2. The summed E-state index contributed by atoms with van der Waals surface area (Å²) in [5.74, 6) is -1.78. The lowest BCUT2D eigenvalue weighted by molar-refractivity contribution is -0.163. The molecule has 0 aromatic heterocycles. The van der Waals surface area contributed by atoms with Gasteiger partial charge in [0.05, 0.1) is 13.2 Å². The minimum Gasteiger partial charge on any atom is -0.464 e. The zero-order chi connectivity index (χ0) is 19.0. The van der Waals surface area contributed by atoms with Crippen LogP contribution in [0.3, 0.4) is 0 Å². The number of amides is 1. The maximum Gasteiger partial charge on any atom is 0.347 e. The lowest BCUT2D eigenvalue weighted by atomic mass is 9.95. The number of ether oxygens (including phenoxy) is 2. The van der Waals surface area contributed by atoms with Crippen molar-refractivity contribution >= 4 is 24.4 Å². The number of hydrogen-bond donors (Lipinski definition) is 1. The van der Waals surface area contributed by atoms with Crippen LogP contribution in [0.25, 0.3) is 6.08 Å². The van der Waals surface area contributed by atoms with Crippen molar-refractivity contribution in [1.82, 2.24) is 5.32 Å². The first-order valence-corrected chi connectivity index (χ1v) is 8.15. The van der Waals surface area contributed by atoms with Gasteiger partial charge in [0.25, 0.3) is 5.54 Å². The van der Waals surface area contributed by atoms with Crippen LogP contribution in [0.5, 0.6) is 0 Å². The van der Waals surface area contributed by atoms with Crippen molar-refractivity contribution in [2.45, 2.75) is 40.2 Å². The van der Waals surface area contributed by atoms with Gasteiger partial charge in [-0.1, -0.05) is 18.2 Å². The van der Waals surface area contributed by atoms with E-state index >= 15 is 0 Å². The topological polar surface area (TPSA) is 81.7 Å². The Morgan fingerprint density at radius 1 is 1.04 bits per heavy atom. The van der Waals surface area contributed by atoms with Gasteiger partial charge in [0.1, 0.15) is 0 Å². The molecule has 0 radical (unpaired) electrons. The number of hydrogen-bond acceptors (Lipinski definition) is 5. The number of benzene rings is 1. The molecule has 0 aliphatic carbocycles. The molecule has 1 aromatic rings. The fraction of sp³-hybridized carbons (Fsp3) is 0.421. The molecule has 0 unspecified atom stereocenters. The van der Waals surface area contributed by atoms with Crippen LogP contribution in [0.1, 0.15) is 36.1 Å². The molecular formula is C19H25NO5. The molecule has 1 rings (SSSR count). The Balaban J connectivity index is 3.37. The minimum absolute atomic E-state index is 0.0666. The third kappa shape index (κ3) is 4.68. The number of carbonyl (C=O) groups is 3. The van der Waals surface area contributed by atoms with Crippen molar-refractivity contribution in [3.05, 3.63) is 40.5 Å². The van der Waals surface area contributed by atoms with Crippen LogP contribution in [0.15, 0.2) is 18.2 Å². The largest absolute Gasteiger partial charge is 0.464 e. The second-order valence-corrected chi connectivity index (χ2v) is 5.62. The van der Waals surface area contributed by atoms with Gasteiger partial charge in [0.15, 0.2) is 0 Å². The fourth-order valence-corrected chi connectivity index (χ4v) is 2.35. The Morgan fingerprint density at radius 2 is 1.52 bits per heavy atom. The van der Waals surface area contributed by atoms with E-state index in [2.05, 4.69) is 5.32 Å². The SMILES string of the molecule is CCOC(=O)C(C=Cc1cc(C)c(C)c(C)c1)(NC=O)C(=O)OCC. The Bertz CT molecular complexity index is 637. The third-order valence-corrected chi connectivity index (χ3v) is 3.96. The Kier molecular flexibility index (Phi) is 7.36. The van der Waals surface area contributed by atoms with Crippen LogP contribution in [-0.4, -0.2) is 37.1 Å². The molecular weight excluding hydrogens is 322 g/mol. The van der Waals surface area contributed by atoms with E-state index in [1.54, 1.807) is 19.9 Å². The summed E-state index contributed by atoms with van der Waals surface area (Å²) in [4.78, 5) is 35.8. The Labute approximate surface area is 148 Å². The quantitative estimate of drug-likeness (QED) is 0.443. The highest BCUT2D eigenvalue weighted by molar-refractivity contribution is 6.09. The number of carbonyl (C=O) groups excluding carboxylic acids is 3. The van der Waals surface area contributed by atoms with Gasteiger partial charge in [-0.05, 0) is 62.9 Å². The fourth-order valence-electron chi connectivity index (χ4n) is 2.35. The standard InChI is InChI=1S/C19H25NO5/c1-6-24-17(22)19(20-12-21,18(23)25-7-2)9-8-16-10-13(3)15(5)14(4)11-16/h8-12H,6-7H2,1-5H3,(H,20,21). The molecule has 136 valence electrons. The number of nitrogens with one attached hydrogen (secondary N) is 1. The highest BCUT2D eigenvalue weighted by Crippen LogP contribution is 2.19. The molecule has 0 atom stereocenters. The molecule has 0 saturated heterocycles. The molecule has 0 heterocycles. The lowest BCUT2D eigenvalue weighted by Crippen LogP contribution is -2.58. The van der Waals surface area contributed by atoms with E-state index in [1.165, 1.54) is 11.6 Å². The summed E-state index contributed by atoms with van der Waals surface area (Å²) in [6.07, 6.45) is 3.19. The molecule has 0 aliphatic heterocycles. The summed E-state index contributed by atoms with van der Waals surface area (Å²) in [6, 6.07) is 3.86. The van der Waals surface area contributed by atoms with E-state index in [0.717, 1.165) is 16.7 Å². The zero-order valence-electron chi connectivity index (χ0n) is 15.3. The first-order chi connectivity index (χ1) is 11.8. The van der Waals surface area contributed by atoms with Crippen LogP contribution in [-0.2, 0) is 23.9 Å². The number of rotatable bonds is 8. The van der Waals surface area contributed by atoms with Crippen molar-refractivity contribution in [3.8, 4) is 0 Å². The minimum atomic E-state index is -2.01. The van der Waals surface area contributed by atoms with E-state index < -0.39 is 17.5 Å². The smallest absolute Gasteiger partial charge is 0.347 e. The second-order valence-electron chi connectivity index (χ2n) is 5.62. The van der Waals surface area contributed by atoms with Gasteiger partial charge >= 0.3 is 11.9 Å². The van der Waals surface area contributed by atoms with Crippen molar-refractivity contribution < 1.29 is 23.9 Å². The van der Waals surface area contributed by atoms with Gasteiger partial charge < -0.3 is 14.8 Å². The maximum absolute atomic E-state index is 12.4. The van der Waals surface area contributed by atoms with E-state index in [-0.39, 0.29) is 19.6 Å². The van der Waals surface area contributed by atoms with Crippen LogP contribution in [0, 0.1) is 20.8 Å². The van der Waals surface area contributed by atoms with Crippen molar-refractivity contribution in [3.63, 3.8) is 0 Å². The highest BCUT2D eigenvalue weighted by Gasteiger charge is 2.47. The molecule has 1 amide bonds. The predicted molar refractivity (Wildman–Crippen MR) is 94.9 cm³/mol. The first kappa shape index (κ1) is 20.4. The summed E-state index contributed by atoms with van der Waals surface area (Å²) in [6.45, 7) is 9.35. The van der Waals surface area contributed by atoms with Gasteiger partial charge in [0.2, 0.25) is 6.41 Å². The summed E-state index contributed by atoms with van der Waals surface area (Å²) in [5, 5.41) is 2.26. The lowest BCUT2D eigenvalue weighted by Gasteiger charge is -2.25. The molecule has 1 N–H and O–H groups in total. The van der Waals surface area contributed by atoms with Gasteiger partial charge in [-0.25, -0.2) is 9.59 Å². The van der Waals surface area contributed by atoms with Crippen molar-refractivity contribution in [1.29, 1.82) is 0 Å². The number of aryl methyl sites for hydroxylation is 2. The van der Waals surface area contributed by atoms with Gasteiger partial charge in [-0.15, -0.1) is 0 Å². The average Bonchev–Trinajstić information content (AvgIpc) is 2.56. The number of esters is 2. The van der Waals surface area contributed by atoms with Gasteiger partial charge in [-0.2, -0.15) is 0 Å². The summed E-state index contributed by atoms with van der Waals surface area (Å²) < 4.78 is 9.94. The first-order valence-electron chi connectivity index (χ1n) is 8.15. The van der Waals surface area contributed by atoms with E-state index in [1.807, 2.05) is 32.9 Å². The van der Waals surface area contributed by atoms with Crippen LogP contribution in [0.2, 0.25) is 0 Å². The monoisotopic (exact) mass is 347 g/mol. The molecule has 25 heavy (non-hydrogen) atoms. The van der Waals surface area contributed by atoms with Crippen molar-refractivity contribution in [2.75, 3.05) is 13.2 Å². The maximum atomic E-state index is 12.4. The van der Waals surface area contributed by atoms with E-state index in [0.29, 0.717) is 0 Å². The molecule has 0 aliphatic rings. The Hall–Kier alpha value is -2.63. The molecule has 1 aromatic carbocycles. The molecule has 6 nitrogen and oxygen atoms in total. The van der Waals surface area contributed by atoms with Crippen LogP contribution < -0.4 is 5.32 Å². The predicted octanol–water partition coefficient (Wildman–Crippen LogP) is 2.24. The molecule has 0 bridgehead atoms. The van der Waals surface area contributed by atoms with Gasteiger partial charge in [-0.3, -0.25) is 4.79 Å². The second kappa shape index (κ2) is 9.01. The summed E-state index contributed by atoms with van der Waals surface area (Å²) in [7, 11) is 0. The summed E-state index contributed by atoms with van der Waals surface area (Å²) >= 11 is 0. The average molecular weight is 347 g/mol. The van der Waals surface area contributed by atoms with Crippen LogP contribution >= 0.6 is 0 Å².